The highest BCUT2D eigenvalue weighted by atomic mass is 16.3. The van der Waals surface area contributed by atoms with Gasteiger partial charge in [0.05, 0.1) is 0 Å². The molecule has 0 spiro atoms. The van der Waals surface area contributed by atoms with E-state index in [1.165, 1.54) is 0 Å². The molecule has 0 bridgehead atoms. The molecule has 0 saturated heterocycles. The minimum atomic E-state index is -0.250. The molecular weight excluding hydrogens is 122 g/mol. The number of carbonyl (C=O) groups is 2. The highest BCUT2D eigenvalue weighted by Gasteiger charge is 1.96. The van der Waals surface area contributed by atoms with Crippen LogP contribution in [0.25, 0.3) is 0 Å². The fourth-order valence-corrected chi connectivity index (χ4v) is 0. The van der Waals surface area contributed by atoms with E-state index in [9.17, 15) is 4.79 Å². The molecule has 1 amide bonds. The van der Waals surface area contributed by atoms with Crippen LogP contribution in [-0.4, -0.2) is 17.5 Å². The van der Waals surface area contributed by atoms with Crippen molar-refractivity contribution in [3.63, 3.8) is 0 Å². The topological polar surface area (TPSA) is 80.4 Å². The van der Waals surface area contributed by atoms with Gasteiger partial charge in [-0.05, 0) is 0 Å². The first-order valence-electron chi connectivity index (χ1n) is 2.43. The van der Waals surface area contributed by atoms with Crippen LogP contribution < -0.4 is 5.73 Å². The second kappa shape index (κ2) is 6.94. The molecule has 0 aromatic heterocycles. The Morgan fingerprint density at radius 3 is 1.78 bits per heavy atom. The normalized spacial score (nSPS) is 7.44. The Bertz CT molecular complexity index is 90.2. The maximum atomic E-state index is 9.92. The number of primary amides is 1. The number of hydrogen-bond donors (Lipinski definition) is 2. The molecule has 54 valence electrons. The van der Waals surface area contributed by atoms with Gasteiger partial charge in [0.15, 0.2) is 0 Å². The Balaban J connectivity index is 0. The molecule has 0 unspecified atom stereocenters. The van der Waals surface area contributed by atoms with E-state index in [1.54, 1.807) is 13.8 Å². The molecule has 0 aliphatic rings. The third kappa shape index (κ3) is 19.6. The summed E-state index contributed by atoms with van der Waals surface area (Å²) in [7, 11) is 0. The van der Waals surface area contributed by atoms with Gasteiger partial charge in [-0.3, -0.25) is 9.59 Å². The van der Waals surface area contributed by atoms with Gasteiger partial charge in [-0.25, -0.2) is 0 Å². The molecule has 0 heterocycles. The van der Waals surface area contributed by atoms with Gasteiger partial charge in [0.25, 0.3) is 6.47 Å². The molecule has 0 aromatic carbocycles. The summed E-state index contributed by atoms with van der Waals surface area (Å²) in [5.41, 5.74) is 4.80. The summed E-state index contributed by atoms with van der Waals surface area (Å²) in [5, 5.41) is 6.89. The lowest BCUT2D eigenvalue weighted by molar-refractivity contribution is -0.123. The van der Waals surface area contributed by atoms with E-state index in [-0.39, 0.29) is 18.3 Å². The lowest BCUT2D eigenvalue weighted by Crippen LogP contribution is -2.17. The van der Waals surface area contributed by atoms with Crippen LogP contribution in [0.5, 0.6) is 0 Å². The Morgan fingerprint density at radius 1 is 1.67 bits per heavy atom. The van der Waals surface area contributed by atoms with Crippen molar-refractivity contribution in [2.24, 2.45) is 11.7 Å². The molecule has 0 aliphatic heterocycles. The van der Waals surface area contributed by atoms with E-state index in [0.717, 1.165) is 0 Å². The summed E-state index contributed by atoms with van der Waals surface area (Å²) in [5.74, 6) is -0.250. The number of rotatable bonds is 1. The van der Waals surface area contributed by atoms with Crippen molar-refractivity contribution >= 4 is 12.4 Å². The molecule has 0 aliphatic carbocycles. The Morgan fingerprint density at radius 2 is 1.78 bits per heavy atom. The van der Waals surface area contributed by atoms with Gasteiger partial charge in [-0.1, -0.05) is 13.8 Å². The first kappa shape index (κ1) is 10.8. The minimum absolute atomic E-state index is 0.00926. The average molecular weight is 133 g/mol. The van der Waals surface area contributed by atoms with E-state index < -0.39 is 0 Å². The molecule has 0 rings (SSSR count). The van der Waals surface area contributed by atoms with Crippen LogP contribution in [0.15, 0.2) is 0 Å². The average Bonchev–Trinajstić information content (AvgIpc) is 1.68. The lowest BCUT2D eigenvalue weighted by atomic mass is 10.2. The van der Waals surface area contributed by atoms with Gasteiger partial charge in [-0.2, -0.15) is 0 Å². The lowest BCUT2D eigenvalue weighted by Gasteiger charge is -1.90. The molecule has 4 nitrogen and oxygen atoms in total. The number of hydrogen-bond acceptors (Lipinski definition) is 2. The van der Waals surface area contributed by atoms with Crippen molar-refractivity contribution in [2.75, 3.05) is 0 Å². The first-order chi connectivity index (χ1) is 4.06. The highest BCUT2D eigenvalue weighted by Crippen LogP contribution is 1.84. The zero-order valence-electron chi connectivity index (χ0n) is 5.50. The second-order valence-corrected chi connectivity index (χ2v) is 1.66. The standard InChI is InChI=1S/C4H9NO.CH2O2/c1-3(2)4(5)6;2-1-3/h3H,1-2H3,(H2,5,6);1H,(H,2,3). The highest BCUT2D eigenvalue weighted by molar-refractivity contribution is 5.75. The van der Waals surface area contributed by atoms with E-state index in [4.69, 9.17) is 15.6 Å². The Labute approximate surface area is 53.7 Å². The zero-order chi connectivity index (χ0) is 7.86. The smallest absolute Gasteiger partial charge is 0.290 e. The van der Waals surface area contributed by atoms with E-state index in [1.807, 2.05) is 0 Å². The second-order valence-electron chi connectivity index (χ2n) is 1.66. The summed E-state index contributed by atoms with van der Waals surface area (Å²) in [6, 6.07) is 0. The first-order valence-corrected chi connectivity index (χ1v) is 2.43. The van der Waals surface area contributed by atoms with Crippen molar-refractivity contribution in [1.82, 2.24) is 0 Å². The largest absolute Gasteiger partial charge is 0.483 e. The molecule has 0 saturated carbocycles. The van der Waals surface area contributed by atoms with Crippen molar-refractivity contribution in [1.29, 1.82) is 0 Å². The molecule has 3 N–H and O–H groups in total. The summed E-state index contributed by atoms with van der Waals surface area (Å²) in [6.07, 6.45) is 0. The van der Waals surface area contributed by atoms with E-state index in [0.29, 0.717) is 0 Å². The molecule has 0 aromatic rings. The monoisotopic (exact) mass is 133 g/mol. The van der Waals surface area contributed by atoms with Crippen LogP contribution >= 0.6 is 0 Å². The van der Waals surface area contributed by atoms with Gasteiger partial charge in [0, 0.05) is 5.92 Å². The van der Waals surface area contributed by atoms with Gasteiger partial charge < -0.3 is 10.8 Å². The van der Waals surface area contributed by atoms with Crippen molar-refractivity contribution in [3.8, 4) is 0 Å². The van der Waals surface area contributed by atoms with Crippen LogP contribution in [-0.2, 0) is 9.59 Å². The van der Waals surface area contributed by atoms with Crippen molar-refractivity contribution in [2.45, 2.75) is 13.8 Å². The number of amides is 1. The van der Waals surface area contributed by atoms with E-state index >= 15 is 0 Å². The van der Waals surface area contributed by atoms with Crippen molar-refractivity contribution < 1.29 is 14.7 Å². The zero-order valence-corrected chi connectivity index (χ0v) is 5.50. The third-order valence-corrected chi connectivity index (χ3v) is 0.569. The SMILES string of the molecule is CC(C)C(N)=O.O=CO. The molecule has 0 atom stereocenters. The Kier molecular flexibility index (Phi) is 8.36. The summed E-state index contributed by atoms with van der Waals surface area (Å²) >= 11 is 0. The van der Waals surface area contributed by atoms with Crippen LogP contribution in [0, 0.1) is 5.92 Å². The fourth-order valence-electron chi connectivity index (χ4n) is 0. The van der Waals surface area contributed by atoms with Crippen LogP contribution in [0.3, 0.4) is 0 Å². The molecular formula is C5H11NO3. The van der Waals surface area contributed by atoms with Gasteiger partial charge in [0.1, 0.15) is 0 Å². The van der Waals surface area contributed by atoms with E-state index in [2.05, 4.69) is 0 Å². The van der Waals surface area contributed by atoms with Gasteiger partial charge in [0.2, 0.25) is 5.91 Å². The third-order valence-electron chi connectivity index (χ3n) is 0.569. The summed E-state index contributed by atoms with van der Waals surface area (Å²) in [6.45, 7) is 3.28. The predicted octanol–water partition coefficient (Wildman–Crippen LogP) is -0.172. The maximum Gasteiger partial charge on any atom is 0.290 e. The molecule has 0 fully saturated rings. The van der Waals surface area contributed by atoms with Gasteiger partial charge >= 0.3 is 0 Å². The maximum absolute atomic E-state index is 9.92. The summed E-state index contributed by atoms with van der Waals surface area (Å²) < 4.78 is 0. The quantitative estimate of drug-likeness (QED) is 0.487. The van der Waals surface area contributed by atoms with Crippen LogP contribution in [0.1, 0.15) is 13.8 Å². The molecule has 9 heavy (non-hydrogen) atoms. The number of carbonyl (C=O) groups excluding carboxylic acids is 1. The summed E-state index contributed by atoms with van der Waals surface area (Å²) in [4.78, 5) is 18.3. The predicted molar refractivity (Wildman–Crippen MR) is 32.7 cm³/mol. The molecule has 0 radical (unpaired) electrons. The van der Waals surface area contributed by atoms with Crippen molar-refractivity contribution in [3.05, 3.63) is 0 Å². The van der Waals surface area contributed by atoms with Crippen LogP contribution in [0.4, 0.5) is 0 Å². The van der Waals surface area contributed by atoms with Gasteiger partial charge in [-0.15, -0.1) is 0 Å². The number of nitrogens with two attached hydrogens (primary N) is 1. The minimum Gasteiger partial charge on any atom is -0.483 e. The molecule has 4 heteroatoms. The van der Waals surface area contributed by atoms with Crippen LogP contribution in [0.2, 0.25) is 0 Å². The fraction of sp³-hybridized carbons (Fsp3) is 0.600. The number of carboxylic acid groups (broad SMARTS) is 1. The Hall–Kier alpha value is -1.06.